The Bertz CT molecular complexity index is 296. The molecular weight excluding hydrogens is 222 g/mol. The molecule has 3 N–H and O–H groups in total. The number of para-hydroxylation sites is 1. The standard InChI is InChI=1S/C8H11N3OS.ClH/c1-11-6-4-2-3-5-7(6)13(12)8(11)10-9;/h2-5,8,10H,9H2,1H3;1H. The summed E-state index contributed by atoms with van der Waals surface area (Å²) < 4.78 is 11.8. The number of rotatable bonds is 1. The molecule has 2 unspecified atom stereocenters. The van der Waals surface area contributed by atoms with Gasteiger partial charge in [0.2, 0.25) is 0 Å². The zero-order valence-corrected chi connectivity index (χ0v) is 9.27. The summed E-state index contributed by atoms with van der Waals surface area (Å²) >= 11 is -1.08. The van der Waals surface area contributed by atoms with Crippen LogP contribution in [0.4, 0.5) is 5.69 Å². The monoisotopic (exact) mass is 233 g/mol. The molecule has 0 bridgehead atoms. The molecule has 0 fully saturated rings. The van der Waals surface area contributed by atoms with Crippen molar-refractivity contribution < 1.29 is 4.55 Å². The average molecular weight is 234 g/mol. The molecule has 6 heteroatoms. The molecule has 0 saturated carbocycles. The molecule has 1 aromatic carbocycles. The van der Waals surface area contributed by atoms with Gasteiger partial charge in [0.1, 0.15) is 0 Å². The van der Waals surface area contributed by atoms with Gasteiger partial charge in [-0.2, -0.15) is 5.43 Å². The van der Waals surface area contributed by atoms with E-state index in [-0.39, 0.29) is 17.9 Å². The molecule has 14 heavy (non-hydrogen) atoms. The number of nitrogens with zero attached hydrogens (tertiary/aromatic N) is 1. The summed E-state index contributed by atoms with van der Waals surface area (Å²) in [6.45, 7) is 0. The number of hydrogen-bond acceptors (Lipinski definition) is 4. The number of hydrogen-bond donors (Lipinski definition) is 2. The summed E-state index contributed by atoms with van der Waals surface area (Å²) in [6, 6.07) is 7.60. The third-order valence-electron chi connectivity index (χ3n) is 2.16. The van der Waals surface area contributed by atoms with Crippen LogP contribution in [0.1, 0.15) is 0 Å². The maximum Gasteiger partial charge on any atom is 0.262 e. The molecule has 1 heterocycles. The largest absolute Gasteiger partial charge is 0.609 e. The lowest BCUT2D eigenvalue weighted by atomic mass is 10.3. The zero-order chi connectivity index (χ0) is 9.42. The van der Waals surface area contributed by atoms with E-state index < -0.39 is 11.2 Å². The van der Waals surface area contributed by atoms with Gasteiger partial charge in [-0.05, 0) is 12.1 Å². The second-order valence-electron chi connectivity index (χ2n) is 2.90. The van der Waals surface area contributed by atoms with Crippen molar-refractivity contribution in [3.05, 3.63) is 24.3 Å². The maximum atomic E-state index is 11.8. The molecule has 4 nitrogen and oxygen atoms in total. The SMILES string of the molecule is CN1c2ccccc2[S+]([O-])C1NN.Cl. The first-order valence-electron chi connectivity index (χ1n) is 3.94. The van der Waals surface area contributed by atoms with E-state index in [9.17, 15) is 4.55 Å². The van der Waals surface area contributed by atoms with Gasteiger partial charge in [0, 0.05) is 18.2 Å². The first-order valence-corrected chi connectivity index (χ1v) is 5.15. The smallest absolute Gasteiger partial charge is 0.262 e. The molecule has 0 radical (unpaired) electrons. The Labute approximate surface area is 92.0 Å². The first-order chi connectivity index (χ1) is 6.25. The van der Waals surface area contributed by atoms with Gasteiger partial charge < -0.3 is 9.45 Å². The minimum atomic E-state index is -1.08. The molecule has 78 valence electrons. The maximum absolute atomic E-state index is 11.8. The number of nitrogens with one attached hydrogen (secondary N) is 1. The summed E-state index contributed by atoms with van der Waals surface area (Å²) in [5, 5.41) is 0. The molecule has 1 aliphatic heterocycles. The predicted octanol–water partition coefficient (Wildman–Crippen LogP) is 0.413. The van der Waals surface area contributed by atoms with Crippen LogP contribution in [-0.4, -0.2) is 17.1 Å². The fourth-order valence-electron chi connectivity index (χ4n) is 1.48. The van der Waals surface area contributed by atoms with Gasteiger partial charge in [0.15, 0.2) is 4.90 Å². The van der Waals surface area contributed by atoms with Crippen LogP contribution in [0, 0.1) is 0 Å². The molecular formula is C8H12ClN3OS. The van der Waals surface area contributed by atoms with Gasteiger partial charge in [-0.15, -0.1) is 12.4 Å². The van der Waals surface area contributed by atoms with Crippen molar-refractivity contribution in [3.8, 4) is 0 Å². The minimum Gasteiger partial charge on any atom is -0.609 e. The molecule has 0 aliphatic carbocycles. The third kappa shape index (κ3) is 1.57. The first kappa shape index (κ1) is 11.6. The number of benzene rings is 1. The van der Waals surface area contributed by atoms with Crippen LogP contribution in [-0.2, 0) is 11.2 Å². The van der Waals surface area contributed by atoms with Gasteiger partial charge in [-0.1, -0.05) is 12.1 Å². The van der Waals surface area contributed by atoms with Crippen LogP contribution in [0.2, 0.25) is 0 Å². The number of hydrazine groups is 1. The lowest BCUT2D eigenvalue weighted by molar-refractivity contribution is 0.561. The molecule has 0 spiro atoms. The van der Waals surface area contributed by atoms with Crippen molar-refractivity contribution in [2.24, 2.45) is 5.84 Å². The summed E-state index contributed by atoms with van der Waals surface area (Å²) in [5.41, 5.74) is 3.20. The third-order valence-corrected chi connectivity index (χ3v) is 3.80. The lowest BCUT2D eigenvalue weighted by Gasteiger charge is -2.19. The van der Waals surface area contributed by atoms with Crippen molar-refractivity contribution in [1.29, 1.82) is 0 Å². The van der Waals surface area contributed by atoms with E-state index in [1.165, 1.54) is 0 Å². The highest BCUT2D eigenvalue weighted by Gasteiger charge is 2.38. The summed E-state index contributed by atoms with van der Waals surface area (Å²) in [4.78, 5) is 2.72. The van der Waals surface area contributed by atoms with Crippen molar-refractivity contribution in [2.75, 3.05) is 11.9 Å². The molecule has 2 rings (SSSR count). The second kappa shape index (κ2) is 4.37. The van der Waals surface area contributed by atoms with E-state index in [1.54, 1.807) is 0 Å². The van der Waals surface area contributed by atoms with Gasteiger partial charge in [0.25, 0.3) is 5.50 Å². The van der Waals surface area contributed by atoms with Crippen LogP contribution in [0.25, 0.3) is 0 Å². The Morgan fingerprint density at radius 2 is 2.14 bits per heavy atom. The number of anilines is 1. The molecule has 1 aliphatic rings. The van der Waals surface area contributed by atoms with Crippen LogP contribution in [0.3, 0.4) is 0 Å². The van der Waals surface area contributed by atoms with E-state index in [1.807, 2.05) is 36.2 Å². The number of halogens is 1. The fraction of sp³-hybridized carbons (Fsp3) is 0.250. The molecule has 0 aromatic heterocycles. The van der Waals surface area contributed by atoms with E-state index in [0.29, 0.717) is 0 Å². The van der Waals surface area contributed by atoms with Crippen LogP contribution < -0.4 is 16.2 Å². The van der Waals surface area contributed by atoms with Crippen LogP contribution in [0.5, 0.6) is 0 Å². The Balaban J connectivity index is 0.000000980. The van der Waals surface area contributed by atoms with Gasteiger partial charge >= 0.3 is 0 Å². The molecule has 2 atom stereocenters. The summed E-state index contributed by atoms with van der Waals surface area (Å²) in [7, 11) is 1.87. The minimum absolute atomic E-state index is 0. The van der Waals surface area contributed by atoms with E-state index in [4.69, 9.17) is 5.84 Å². The number of fused-ring (bicyclic) bond motifs is 1. The second-order valence-corrected chi connectivity index (χ2v) is 4.38. The van der Waals surface area contributed by atoms with Crippen molar-refractivity contribution in [2.45, 2.75) is 10.4 Å². The van der Waals surface area contributed by atoms with E-state index in [0.717, 1.165) is 10.6 Å². The van der Waals surface area contributed by atoms with Crippen molar-refractivity contribution >= 4 is 29.3 Å². The zero-order valence-electron chi connectivity index (χ0n) is 7.64. The molecule has 0 amide bonds. The topological polar surface area (TPSA) is 64.3 Å². The highest BCUT2D eigenvalue weighted by Crippen LogP contribution is 2.35. The highest BCUT2D eigenvalue weighted by atomic mass is 35.5. The Kier molecular flexibility index (Phi) is 3.63. The van der Waals surface area contributed by atoms with Gasteiger partial charge in [-0.3, -0.25) is 5.84 Å². The van der Waals surface area contributed by atoms with Crippen molar-refractivity contribution in [1.82, 2.24) is 5.43 Å². The van der Waals surface area contributed by atoms with E-state index in [2.05, 4.69) is 5.43 Å². The van der Waals surface area contributed by atoms with Gasteiger partial charge in [0.05, 0.1) is 5.69 Å². The Hall–Kier alpha value is -0.460. The highest BCUT2D eigenvalue weighted by molar-refractivity contribution is 7.92. The van der Waals surface area contributed by atoms with Crippen LogP contribution >= 0.6 is 12.4 Å². The fourth-order valence-corrected chi connectivity index (χ4v) is 2.88. The van der Waals surface area contributed by atoms with E-state index >= 15 is 0 Å². The Morgan fingerprint density at radius 3 is 2.71 bits per heavy atom. The Morgan fingerprint density at radius 1 is 1.50 bits per heavy atom. The molecule has 1 aromatic rings. The lowest BCUT2D eigenvalue weighted by Crippen LogP contribution is -2.48. The van der Waals surface area contributed by atoms with Crippen molar-refractivity contribution in [3.63, 3.8) is 0 Å². The number of nitrogens with two attached hydrogens (primary N) is 1. The normalized spacial score (nSPS) is 24.4. The average Bonchev–Trinajstić information content (AvgIpc) is 2.41. The summed E-state index contributed by atoms with van der Waals surface area (Å²) in [6.07, 6.45) is 0. The predicted molar refractivity (Wildman–Crippen MR) is 59.6 cm³/mol. The molecule has 0 saturated heterocycles. The van der Waals surface area contributed by atoms with Crippen LogP contribution in [0.15, 0.2) is 29.2 Å². The van der Waals surface area contributed by atoms with Gasteiger partial charge in [-0.25, -0.2) is 0 Å². The quantitative estimate of drug-likeness (QED) is 0.419. The summed E-state index contributed by atoms with van der Waals surface area (Å²) in [5.74, 6) is 5.31.